The van der Waals surface area contributed by atoms with Crippen molar-refractivity contribution >= 4 is 50.9 Å². The Morgan fingerprint density at radius 3 is 2.32 bits per heavy atom. The average molecular weight is 376 g/mol. The van der Waals surface area contributed by atoms with Gasteiger partial charge in [0.15, 0.2) is 0 Å². The van der Waals surface area contributed by atoms with Crippen molar-refractivity contribution in [1.82, 2.24) is 0 Å². The van der Waals surface area contributed by atoms with Crippen molar-refractivity contribution in [3.63, 3.8) is 0 Å². The van der Waals surface area contributed by atoms with E-state index in [0.29, 0.717) is 10.0 Å². The van der Waals surface area contributed by atoms with Crippen molar-refractivity contribution in [2.75, 3.05) is 6.26 Å². The van der Waals surface area contributed by atoms with Gasteiger partial charge in [-0.1, -0.05) is 57.3 Å². The fraction of sp³-hybridized carbons (Fsp3) is 0.200. The molecule has 0 heterocycles. The minimum atomic E-state index is 0.278. The Kier molecular flexibility index (Phi) is 5.64. The molecule has 0 aromatic heterocycles. The van der Waals surface area contributed by atoms with E-state index < -0.39 is 0 Å². The van der Waals surface area contributed by atoms with Crippen LogP contribution in [-0.4, -0.2) is 6.26 Å². The summed E-state index contributed by atoms with van der Waals surface area (Å²) in [5, 5.41) is 1.21. The van der Waals surface area contributed by atoms with E-state index in [9.17, 15) is 0 Å². The Balaban J connectivity index is 2.10. The maximum atomic E-state index is 6.03. The first-order valence-corrected chi connectivity index (χ1v) is 8.71. The van der Waals surface area contributed by atoms with Crippen molar-refractivity contribution in [1.29, 1.82) is 0 Å². The number of hydrogen-bond donors (Lipinski definition) is 0. The van der Waals surface area contributed by atoms with E-state index in [1.165, 1.54) is 16.0 Å². The topological polar surface area (TPSA) is 0 Å². The normalized spacial score (nSPS) is 12.4. The van der Waals surface area contributed by atoms with Gasteiger partial charge in [-0.25, -0.2) is 0 Å². The summed E-state index contributed by atoms with van der Waals surface area (Å²) in [5.41, 5.74) is 2.44. The molecule has 0 aliphatic heterocycles. The van der Waals surface area contributed by atoms with Gasteiger partial charge in [0.25, 0.3) is 0 Å². The summed E-state index contributed by atoms with van der Waals surface area (Å²) in [4.78, 5) is 1.55. The van der Waals surface area contributed by atoms with Gasteiger partial charge in [-0.2, -0.15) is 0 Å². The molecular formula is C15H13BrCl2S. The molecule has 0 saturated heterocycles. The second kappa shape index (κ2) is 7.03. The summed E-state index contributed by atoms with van der Waals surface area (Å²) in [7, 11) is 0. The third-order valence-electron chi connectivity index (χ3n) is 2.88. The van der Waals surface area contributed by atoms with Crippen LogP contribution in [0.1, 0.15) is 16.0 Å². The lowest BCUT2D eigenvalue weighted by molar-refractivity contribution is 0.947. The van der Waals surface area contributed by atoms with Crippen molar-refractivity contribution < 1.29 is 0 Å². The molecule has 0 nitrogen and oxygen atoms in total. The number of thioether (sulfide) groups is 1. The summed E-state index contributed by atoms with van der Waals surface area (Å²) >= 11 is 17.4. The van der Waals surface area contributed by atoms with E-state index in [1.54, 1.807) is 11.8 Å². The minimum Gasteiger partial charge on any atom is -0.130 e. The standard InChI is InChI=1S/C15H13BrCl2S/c1-19-12-5-3-11(4-6-12)13(16)8-10-2-7-14(17)15(18)9-10/h2-7,9,13H,8H2,1H3. The molecule has 0 saturated carbocycles. The van der Waals surface area contributed by atoms with Crippen LogP contribution >= 0.6 is 50.9 Å². The molecule has 2 rings (SSSR count). The van der Waals surface area contributed by atoms with Crippen LogP contribution in [0.5, 0.6) is 0 Å². The maximum Gasteiger partial charge on any atom is 0.0595 e. The van der Waals surface area contributed by atoms with Crippen molar-refractivity contribution in [3.8, 4) is 0 Å². The number of hydrogen-bond acceptors (Lipinski definition) is 1. The molecule has 1 atom stereocenters. The van der Waals surface area contributed by atoms with Gasteiger partial charge in [-0.3, -0.25) is 0 Å². The van der Waals surface area contributed by atoms with Crippen LogP contribution in [0.4, 0.5) is 0 Å². The molecule has 0 radical (unpaired) electrons. The summed E-state index contributed by atoms with van der Waals surface area (Å²) in [6.07, 6.45) is 2.96. The second-order valence-corrected chi connectivity index (χ2v) is 6.99. The zero-order chi connectivity index (χ0) is 13.8. The van der Waals surface area contributed by atoms with Gasteiger partial charge in [0, 0.05) is 9.72 Å². The van der Waals surface area contributed by atoms with Gasteiger partial charge < -0.3 is 0 Å². The first-order valence-electron chi connectivity index (χ1n) is 5.82. The fourth-order valence-electron chi connectivity index (χ4n) is 1.80. The molecule has 4 heteroatoms. The molecule has 0 spiro atoms. The fourth-order valence-corrected chi connectivity index (χ4v) is 3.21. The second-order valence-electron chi connectivity index (χ2n) is 4.19. The number of halogens is 3. The van der Waals surface area contributed by atoms with Gasteiger partial charge in [0.1, 0.15) is 0 Å². The third-order valence-corrected chi connectivity index (χ3v) is 5.21. The molecule has 0 fully saturated rings. The first-order chi connectivity index (χ1) is 9.10. The molecule has 0 bridgehead atoms. The Labute approximate surface area is 136 Å². The van der Waals surface area contributed by atoms with E-state index >= 15 is 0 Å². The Morgan fingerprint density at radius 2 is 1.74 bits per heavy atom. The maximum absolute atomic E-state index is 6.03. The molecule has 100 valence electrons. The highest BCUT2D eigenvalue weighted by Gasteiger charge is 2.09. The number of alkyl halides is 1. The van der Waals surface area contributed by atoms with Crippen LogP contribution in [0.2, 0.25) is 10.0 Å². The van der Waals surface area contributed by atoms with Gasteiger partial charge in [-0.15, -0.1) is 11.8 Å². The molecule has 0 aliphatic rings. The highest BCUT2D eigenvalue weighted by atomic mass is 79.9. The molecule has 0 N–H and O–H groups in total. The summed E-state index contributed by atoms with van der Waals surface area (Å²) in [6.45, 7) is 0. The summed E-state index contributed by atoms with van der Waals surface area (Å²) in [5.74, 6) is 0. The van der Waals surface area contributed by atoms with Crippen molar-refractivity contribution in [2.24, 2.45) is 0 Å². The van der Waals surface area contributed by atoms with E-state index in [0.717, 1.165) is 6.42 Å². The molecule has 0 amide bonds. The van der Waals surface area contributed by atoms with E-state index in [2.05, 4.69) is 46.5 Å². The molecule has 2 aromatic rings. The van der Waals surface area contributed by atoms with Crippen molar-refractivity contribution in [2.45, 2.75) is 16.1 Å². The van der Waals surface area contributed by atoms with E-state index in [-0.39, 0.29) is 4.83 Å². The monoisotopic (exact) mass is 374 g/mol. The molecule has 1 unspecified atom stereocenters. The Hall–Kier alpha value is -0.150. The van der Waals surface area contributed by atoms with E-state index in [4.69, 9.17) is 23.2 Å². The molecular weight excluding hydrogens is 363 g/mol. The first kappa shape index (κ1) is 15.2. The molecule has 19 heavy (non-hydrogen) atoms. The quantitative estimate of drug-likeness (QED) is 0.440. The van der Waals surface area contributed by atoms with Crippen LogP contribution in [0.15, 0.2) is 47.4 Å². The number of benzene rings is 2. The van der Waals surface area contributed by atoms with Gasteiger partial charge in [0.05, 0.1) is 10.0 Å². The lowest BCUT2D eigenvalue weighted by atomic mass is 10.0. The SMILES string of the molecule is CSc1ccc(C(Br)Cc2ccc(Cl)c(Cl)c2)cc1. The predicted molar refractivity (Wildman–Crippen MR) is 90.1 cm³/mol. The highest BCUT2D eigenvalue weighted by molar-refractivity contribution is 9.09. The Morgan fingerprint density at radius 1 is 1.05 bits per heavy atom. The van der Waals surface area contributed by atoms with Crippen LogP contribution in [0.25, 0.3) is 0 Å². The predicted octanol–water partition coefficient (Wildman–Crippen LogP) is 6.39. The van der Waals surface area contributed by atoms with Crippen LogP contribution in [-0.2, 0) is 6.42 Å². The number of rotatable bonds is 4. The zero-order valence-corrected chi connectivity index (χ0v) is 14.3. The van der Waals surface area contributed by atoms with Crippen LogP contribution in [0, 0.1) is 0 Å². The highest BCUT2D eigenvalue weighted by Crippen LogP contribution is 2.30. The van der Waals surface area contributed by atoms with Crippen molar-refractivity contribution in [3.05, 3.63) is 63.6 Å². The Bertz CT molecular complexity index is 555. The van der Waals surface area contributed by atoms with Crippen LogP contribution < -0.4 is 0 Å². The lowest BCUT2D eigenvalue weighted by Crippen LogP contribution is -1.95. The van der Waals surface area contributed by atoms with Gasteiger partial charge in [0.2, 0.25) is 0 Å². The molecule has 0 aliphatic carbocycles. The van der Waals surface area contributed by atoms with Gasteiger partial charge >= 0.3 is 0 Å². The third kappa shape index (κ3) is 4.16. The lowest BCUT2D eigenvalue weighted by Gasteiger charge is -2.11. The smallest absolute Gasteiger partial charge is 0.0595 e. The zero-order valence-electron chi connectivity index (χ0n) is 10.4. The summed E-state index contributed by atoms with van der Waals surface area (Å²) in [6, 6.07) is 14.4. The largest absolute Gasteiger partial charge is 0.130 e. The minimum absolute atomic E-state index is 0.278. The molecule has 2 aromatic carbocycles. The summed E-state index contributed by atoms with van der Waals surface area (Å²) < 4.78 is 0. The van der Waals surface area contributed by atoms with Crippen LogP contribution in [0.3, 0.4) is 0 Å². The van der Waals surface area contributed by atoms with Gasteiger partial charge in [-0.05, 0) is 48.1 Å². The van der Waals surface area contributed by atoms with E-state index in [1.807, 2.05) is 18.2 Å². The average Bonchev–Trinajstić information content (AvgIpc) is 2.43.